The van der Waals surface area contributed by atoms with E-state index in [4.69, 9.17) is 4.74 Å². The molecule has 6 heteroatoms. The number of alkyl carbamates (subject to hydrolysis) is 1. The number of hydrogen-bond donors (Lipinski definition) is 2. The van der Waals surface area contributed by atoms with Crippen molar-refractivity contribution in [1.82, 2.24) is 5.32 Å². The molecule has 5 nitrogen and oxygen atoms in total. The van der Waals surface area contributed by atoms with Crippen molar-refractivity contribution in [1.29, 1.82) is 0 Å². The van der Waals surface area contributed by atoms with Crippen LogP contribution in [0.5, 0.6) is 0 Å². The number of halogens is 1. The molecule has 0 saturated carbocycles. The largest absolute Gasteiger partial charge is 0.480 e. The lowest BCUT2D eigenvalue weighted by Gasteiger charge is -2.22. The van der Waals surface area contributed by atoms with Crippen LogP contribution < -0.4 is 5.32 Å². The van der Waals surface area contributed by atoms with Crippen molar-refractivity contribution in [3.63, 3.8) is 0 Å². The van der Waals surface area contributed by atoms with E-state index in [0.29, 0.717) is 0 Å². The third kappa shape index (κ3) is 5.77. The molecule has 1 unspecified atom stereocenters. The smallest absolute Gasteiger partial charge is 0.408 e. The Morgan fingerprint density at radius 2 is 1.95 bits per heavy atom. The third-order valence-corrected chi connectivity index (χ3v) is 3.42. The van der Waals surface area contributed by atoms with E-state index in [1.165, 1.54) is 0 Å². The van der Waals surface area contributed by atoms with Gasteiger partial charge in [-0.25, -0.2) is 9.59 Å². The average Bonchev–Trinajstić information content (AvgIpc) is 2.28. The number of ether oxygens (including phenoxy) is 1. The predicted molar refractivity (Wildman–Crippen MR) is 83.7 cm³/mol. The van der Waals surface area contributed by atoms with Crippen molar-refractivity contribution in [3.05, 3.63) is 33.4 Å². The Morgan fingerprint density at radius 3 is 2.45 bits per heavy atom. The Hall–Kier alpha value is -1.31. The summed E-state index contributed by atoms with van der Waals surface area (Å²) in [5.41, 5.74) is 0.213. The maximum absolute atomic E-state index is 11.7. The minimum Gasteiger partial charge on any atom is -0.480 e. The molecular weight excluding hydrogens is 373 g/mol. The minimum atomic E-state index is -1.09. The van der Waals surface area contributed by atoms with E-state index >= 15 is 0 Å². The quantitative estimate of drug-likeness (QED) is 0.775. The van der Waals surface area contributed by atoms with Crippen LogP contribution in [-0.2, 0) is 16.0 Å². The van der Waals surface area contributed by atoms with Gasteiger partial charge in [0.15, 0.2) is 0 Å². The molecule has 1 aromatic rings. The van der Waals surface area contributed by atoms with Crippen molar-refractivity contribution in [3.8, 4) is 0 Å². The second-order valence-electron chi connectivity index (χ2n) is 5.33. The van der Waals surface area contributed by atoms with Gasteiger partial charge in [-0.15, -0.1) is 0 Å². The van der Waals surface area contributed by atoms with Gasteiger partial charge in [0.05, 0.1) is 0 Å². The summed E-state index contributed by atoms with van der Waals surface area (Å²) in [6.45, 7) is 5.17. The van der Waals surface area contributed by atoms with Crippen LogP contribution in [0.25, 0.3) is 0 Å². The zero-order valence-corrected chi connectivity index (χ0v) is 13.8. The van der Waals surface area contributed by atoms with E-state index in [0.717, 1.165) is 9.13 Å². The molecule has 1 amide bonds. The number of carbonyl (C=O) groups excluding carboxylic acids is 1. The van der Waals surface area contributed by atoms with Gasteiger partial charge in [0.2, 0.25) is 0 Å². The van der Waals surface area contributed by atoms with Crippen LogP contribution in [0.15, 0.2) is 24.3 Å². The lowest BCUT2D eigenvalue weighted by Crippen LogP contribution is -2.44. The van der Waals surface area contributed by atoms with Crippen molar-refractivity contribution in [2.75, 3.05) is 0 Å². The average molecular weight is 391 g/mol. The van der Waals surface area contributed by atoms with Gasteiger partial charge >= 0.3 is 12.1 Å². The van der Waals surface area contributed by atoms with E-state index < -0.39 is 23.7 Å². The Balaban J connectivity index is 2.74. The zero-order valence-electron chi connectivity index (χ0n) is 11.6. The predicted octanol–water partition coefficient (Wildman–Crippen LogP) is 2.81. The molecule has 0 aromatic heterocycles. The number of benzene rings is 1. The Labute approximate surface area is 131 Å². The Bertz CT molecular complexity index is 496. The summed E-state index contributed by atoms with van der Waals surface area (Å²) < 4.78 is 6.03. The number of carbonyl (C=O) groups is 2. The van der Waals surface area contributed by atoms with Crippen molar-refractivity contribution >= 4 is 34.7 Å². The Morgan fingerprint density at radius 1 is 1.35 bits per heavy atom. The van der Waals surface area contributed by atoms with Crippen LogP contribution in [0.1, 0.15) is 26.3 Å². The molecule has 0 saturated heterocycles. The number of aliphatic carboxylic acids is 1. The van der Waals surface area contributed by atoms with Crippen LogP contribution in [0.3, 0.4) is 0 Å². The van der Waals surface area contributed by atoms with Crippen LogP contribution in [0, 0.1) is 3.57 Å². The van der Waals surface area contributed by atoms with Gasteiger partial charge < -0.3 is 15.2 Å². The molecule has 0 aliphatic heterocycles. The molecule has 2 N–H and O–H groups in total. The van der Waals surface area contributed by atoms with E-state index in [1.54, 1.807) is 20.8 Å². The number of nitrogens with one attached hydrogen (secondary N) is 1. The standard InChI is InChI=1S/C14H18INO4/c1-14(2,3)20-13(19)16-11(12(17)18)8-9-6-4-5-7-10(9)15/h4-7,11H,8H2,1-3H3,(H,16,19)(H,17,18). The molecule has 0 aliphatic rings. The van der Waals surface area contributed by atoms with E-state index in [1.807, 2.05) is 24.3 Å². The van der Waals surface area contributed by atoms with Gasteiger partial charge in [-0.2, -0.15) is 0 Å². The normalized spacial score (nSPS) is 12.6. The summed E-state index contributed by atoms with van der Waals surface area (Å²) in [5.74, 6) is -1.09. The molecule has 0 fully saturated rings. The second kappa shape index (κ2) is 6.92. The molecule has 1 rings (SSSR count). The first-order valence-electron chi connectivity index (χ1n) is 6.15. The highest BCUT2D eigenvalue weighted by Crippen LogP contribution is 2.14. The fourth-order valence-corrected chi connectivity index (χ4v) is 2.14. The molecule has 0 heterocycles. The number of amides is 1. The number of hydrogen-bond acceptors (Lipinski definition) is 3. The SMILES string of the molecule is CC(C)(C)OC(=O)NC(Cc1ccccc1I)C(=O)O. The fourth-order valence-electron chi connectivity index (χ4n) is 1.53. The molecule has 20 heavy (non-hydrogen) atoms. The topological polar surface area (TPSA) is 75.6 Å². The number of carboxylic acid groups (broad SMARTS) is 1. The molecule has 0 aliphatic carbocycles. The highest BCUT2D eigenvalue weighted by Gasteiger charge is 2.24. The summed E-state index contributed by atoms with van der Waals surface area (Å²) in [7, 11) is 0. The highest BCUT2D eigenvalue weighted by molar-refractivity contribution is 14.1. The van der Waals surface area contributed by atoms with Crippen molar-refractivity contribution in [2.45, 2.75) is 38.8 Å². The first-order valence-corrected chi connectivity index (χ1v) is 7.22. The molecule has 0 spiro atoms. The van der Waals surface area contributed by atoms with Crippen molar-refractivity contribution < 1.29 is 19.4 Å². The van der Waals surface area contributed by atoms with E-state index in [-0.39, 0.29) is 6.42 Å². The summed E-state index contributed by atoms with van der Waals surface area (Å²) >= 11 is 2.14. The van der Waals surface area contributed by atoms with Gasteiger partial charge in [0, 0.05) is 9.99 Å². The molecule has 0 bridgehead atoms. The number of rotatable bonds is 4. The van der Waals surface area contributed by atoms with Gasteiger partial charge in [0.1, 0.15) is 11.6 Å². The third-order valence-electron chi connectivity index (χ3n) is 2.37. The van der Waals surface area contributed by atoms with Gasteiger partial charge in [-0.05, 0) is 55.0 Å². The van der Waals surface area contributed by atoms with Gasteiger partial charge in [0.25, 0.3) is 0 Å². The molecular formula is C14H18INO4. The molecule has 0 radical (unpaired) electrons. The van der Waals surface area contributed by atoms with Gasteiger partial charge in [-0.1, -0.05) is 18.2 Å². The monoisotopic (exact) mass is 391 g/mol. The lowest BCUT2D eigenvalue weighted by molar-refractivity contribution is -0.139. The van der Waals surface area contributed by atoms with Crippen LogP contribution in [-0.4, -0.2) is 28.8 Å². The van der Waals surface area contributed by atoms with Crippen LogP contribution in [0.2, 0.25) is 0 Å². The van der Waals surface area contributed by atoms with E-state index in [2.05, 4.69) is 27.9 Å². The highest BCUT2D eigenvalue weighted by atomic mass is 127. The molecule has 1 atom stereocenters. The van der Waals surface area contributed by atoms with Gasteiger partial charge in [-0.3, -0.25) is 0 Å². The van der Waals surface area contributed by atoms with Crippen molar-refractivity contribution in [2.24, 2.45) is 0 Å². The summed E-state index contributed by atoms with van der Waals surface area (Å²) in [4.78, 5) is 22.9. The molecule has 110 valence electrons. The van der Waals surface area contributed by atoms with Crippen LogP contribution in [0.4, 0.5) is 4.79 Å². The number of carboxylic acids is 1. The van der Waals surface area contributed by atoms with E-state index in [9.17, 15) is 14.7 Å². The fraction of sp³-hybridized carbons (Fsp3) is 0.429. The summed E-state index contributed by atoms with van der Waals surface area (Å²) in [5, 5.41) is 11.6. The first-order chi connectivity index (χ1) is 9.19. The van der Waals surface area contributed by atoms with Crippen LogP contribution >= 0.6 is 22.6 Å². The first kappa shape index (κ1) is 16.7. The minimum absolute atomic E-state index is 0.216. The lowest BCUT2D eigenvalue weighted by atomic mass is 10.1. The Kier molecular flexibility index (Phi) is 5.79. The summed E-state index contributed by atoms with van der Waals surface area (Å²) in [6.07, 6.45) is -0.510. The summed E-state index contributed by atoms with van der Waals surface area (Å²) in [6, 6.07) is 6.43. The second-order valence-corrected chi connectivity index (χ2v) is 6.49. The zero-order chi connectivity index (χ0) is 15.3. The maximum atomic E-state index is 11.7. The molecule has 1 aromatic carbocycles. The maximum Gasteiger partial charge on any atom is 0.408 e.